The molecular weight excluding hydrogens is 362 g/mol. The number of amides is 2. The fourth-order valence-electron chi connectivity index (χ4n) is 3.40. The van der Waals surface area contributed by atoms with Gasteiger partial charge < -0.3 is 29.0 Å². The van der Waals surface area contributed by atoms with Crippen molar-refractivity contribution in [3.63, 3.8) is 0 Å². The van der Waals surface area contributed by atoms with E-state index in [9.17, 15) is 4.79 Å². The zero-order valence-corrected chi connectivity index (χ0v) is 16.9. The molecular formula is C20H27N3O5. The third-order valence-corrected chi connectivity index (χ3v) is 4.89. The summed E-state index contributed by atoms with van der Waals surface area (Å²) in [5.41, 5.74) is 1.36. The van der Waals surface area contributed by atoms with Gasteiger partial charge in [-0.05, 0) is 12.8 Å². The maximum absolute atomic E-state index is 12.9. The zero-order chi connectivity index (χ0) is 20.3. The van der Waals surface area contributed by atoms with Crippen LogP contribution in [0, 0.1) is 0 Å². The number of nitrogens with zero attached hydrogens (tertiary/aromatic N) is 2. The van der Waals surface area contributed by atoms with Gasteiger partial charge in [0.05, 0.1) is 33.1 Å². The van der Waals surface area contributed by atoms with Gasteiger partial charge in [0.1, 0.15) is 11.5 Å². The number of rotatable bonds is 6. The van der Waals surface area contributed by atoms with Crippen LogP contribution >= 0.6 is 0 Å². The van der Waals surface area contributed by atoms with E-state index in [0.29, 0.717) is 29.5 Å². The summed E-state index contributed by atoms with van der Waals surface area (Å²) in [6.07, 6.45) is 1.77. The maximum Gasteiger partial charge on any atom is 0.322 e. The first-order chi connectivity index (χ1) is 13.5. The Labute approximate surface area is 164 Å². The second kappa shape index (κ2) is 8.41. The topological polar surface area (TPSA) is 86.1 Å². The van der Waals surface area contributed by atoms with Crippen LogP contribution in [0.2, 0.25) is 0 Å². The van der Waals surface area contributed by atoms with E-state index in [-0.39, 0.29) is 18.0 Å². The molecule has 1 aliphatic rings. The number of carbonyl (C=O) groups excluding carboxylic acids is 1. The van der Waals surface area contributed by atoms with Crippen molar-refractivity contribution in [2.45, 2.75) is 38.6 Å². The van der Waals surface area contributed by atoms with E-state index in [1.807, 2.05) is 19.9 Å². The fourth-order valence-corrected chi connectivity index (χ4v) is 3.40. The zero-order valence-electron chi connectivity index (χ0n) is 16.9. The van der Waals surface area contributed by atoms with Gasteiger partial charge in [0.15, 0.2) is 11.5 Å². The van der Waals surface area contributed by atoms with Crippen molar-refractivity contribution >= 4 is 11.7 Å². The van der Waals surface area contributed by atoms with Crippen LogP contribution in [0.3, 0.4) is 0 Å². The average Bonchev–Trinajstić information content (AvgIpc) is 3.36. The molecule has 8 nitrogen and oxygen atoms in total. The number of hydrogen-bond acceptors (Lipinski definition) is 6. The van der Waals surface area contributed by atoms with Crippen LogP contribution in [0.1, 0.15) is 50.1 Å². The van der Waals surface area contributed by atoms with Crippen molar-refractivity contribution in [2.75, 3.05) is 33.2 Å². The van der Waals surface area contributed by atoms with Gasteiger partial charge in [-0.15, -0.1) is 0 Å². The Hall–Kier alpha value is -2.90. The Morgan fingerprint density at radius 3 is 2.39 bits per heavy atom. The van der Waals surface area contributed by atoms with Crippen molar-refractivity contribution in [2.24, 2.45) is 0 Å². The first-order valence-corrected chi connectivity index (χ1v) is 9.32. The molecule has 1 N–H and O–H groups in total. The highest BCUT2D eigenvalue weighted by Crippen LogP contribution is 2.40. The van der Waals surface area contributed by atoms with Crippen molar-refractivity contribution in [3.8, 4) is 17.2 Å². The number of hydrogen-bond donors (Lipinski definition) is 1. The quantitative estimate of drug-likeness (QED) is 0.797. The first kappa shape index (κ1) is 19.9. The van der Waals surface area contributed by atoms with Crippen molar-refractivity contribution in [1.82, 2.24) is 10.1 Å². The maximum atomic E-state index is 12.9. The van der Waals surface area contributed by atoms with Crippen LogP contribution in [0.5, 0.6) is 17.2 Å². The normalized spacial score (nSPS) is 16.4. The van der Waals surface area contributed by atoms with E-state index in [1.165, 1.54) is 21.3 Å². The average molecular weight is 389 g/mol. The highest BCUT2D eigenvalue weighted by Gasteiger charge is 2.33. The number of urea groups is 1. The Balaban J connectivity index is 1.80. The second-order valence-corrected chi connectivity index (χ2v) is 7.00. The minimum Gasteiger partial charge on any atom is -0.493 e. The third-order valence-electron chi connectivity index (χ3n) is 4.89. The lowest BCUT2D eigenvalue weighted by atomic mass is 10.1. The SMILES string of the molecule is COc1cc(NC(=O)N2CCC[C@@H]2c2cc(C(C)C)on2)cc(OC)c1OC. The number of methoxy groups -OCH3 is 3. The Morgan fingerprint density at radius 1 is 1.18 bits per heavy atom. The van der Waals surface area contributed by atoms with E-state index in [2.05, 4.69) is 10.5 Å². The lowest BCUT2D eigenvalue weighted by molar-refractivity contribution is 0.204. The molecule has 0 aliphatic carbocycles. The third kappa shape index (κ3) is 3.85. The molecule has 8 heteroatoms. The van der Waals surface area contributed by atoms with Crippen molar-refractivity contribution < 1.29 is 23.5 Å². The molecule has 0 saturated carbocycles. The molecule has 28 heavy (non-hydrogen) atoms. The Kier molecular flexibility index (Phi) is 5.96. The van der Waals surface area contributed by atoms with Crippen molar-refractivity contribution in [1.29, 1.82) is 0 Å². The summed E-state index contributed by atoms with van der Waals surface area (Å²) in [7, 11) is 4.61. The summed E-state index contributed by atoms with van der Waals surface area (Å²) in [5, 5.41) is 7.11. The fraction of sp³-hybridized carbons (Fsp3) is 0.500. The smallest absolute Gasteiger partial charge is 0.322 e. The predicted molar refractivity (Wildman–Crippen MR) is 104 cm³/mol. The van der Waals surface area contributed by atoms with Gasteiger partial charge in [-0.25, -0.2) is 4.79 Å². The molecule has 1 saturated heterocycles. The molecule has 3 rings (SSSR count). The summed E-state index contributed by atoms with van der Waals surface area (Å²) in [4.78, 5) is 14.7. The lowest BCUT2D eigenvalue weighted by Gasteiger charge is -2.24. The van der Waals surface area contributed by atoms with E-state index in [0.717, 1.165) is 24.3 Å². The number of nitrogens with one attached hydrogen (secondary N) is 1. The molecule has 0 unspecified atom stereocenters. The summed E-state index contributed by atoms with van der Waals surface area (Å²) < 4.78 is 21.4. The molecule has 1 aliphatic heterocycles. The molecule has 0 bridgehead atoms. The Morgan fingerprint density at radius 2 is 1.86 bits per heavy atom. The Bertz CT molecular complexity index is 808. The van der Waals surface area contributed by atoms with E-state index in [4.69, 9.17) is 18.7 Å². The summed E-state index contributed by atoms with van der Waals surface area (Å²) in [5.74, 6) is 2.52. The van der Waals surface area contributed by atoms with Crippen LogP contribution in [-0.4, -0.2) is 44.0 Å². The number of likely N-dealkylation sites (tertiary alicyclic amines) is 1. The molecule has 2 aromatic rings. The second-order valence-electron chi connectivity index (χ2n) is 7.00. The highest BCUT2D eigenvalue weighted by atomic mass is 16.5. The molecule has 2 heterocycles. The van der Waals surface area contributed by atoms with Gasteiger partial charge in [0.2, 0.25) is 5.75 Å². The molecule has 2 amide bonds. The number of benzene rings is 1. The minimum absolute atomic E-state index is 0.0988. The minimum atomic E-state index is -0.203. The van der Waals surface area contributed by atoms with Crippen LogP contribution < -0.4 is 19.5 Å². The van der Waals surface area contributed by atoms with E-state index >= 15 is 0 Å². The van der Waals surface area contributed by atoms with Crippen LogP contribution in [-0.2, 0) is 0 Å². The number of ether oxygens (including phenoxy) is 3. The highest BCUT2D eigenvalue weighted by molar-refractivity contribution is 5.90. The van der Waals surface area contributed by atoms with Gasteiger partial charge in [-0.1, -0.05) is 19.0 Å². The van der Waals surface area contributed by atoms with Gasteiger partial charge >= 0.3 is 6.03 Å². The van der Waals surface area contributed by atoms with Gasteiger partial charge in [-0.3, -0.25) is 0 Å². The van der Waals surface area contributed by atoms with Crippen molar-refractivity contribution in [3.05, 3.63) is 29.7 Å². The molecule has 152 valence electrons. The number of carbonyl (C=O) groups is 1. The summed E-state index contributed by atoms with van der Waals surface area (Å²) in [6.45, 7) is 4.76. The monoisotopic (exact) mass is 389 g/mol. The van der Waals surface area contributed by atoms with E-state index < -0.39 is 0 Å². The molecule has 1 atom stereocenters. The largest absolute Gasteiger partial charge is 0.493 e. The summed E-state index contributed by atoms with van der Waals surface area (Å²) >= 11 is 0. The molecule has 1 aromatic heterocycles. The van der Waals surface area contributed by atoms with Gasteiger partial charge in [0, 0.05) is 30.7 Å². The predicted octanol–water partition coefficient (Wildman–Crippen LogP) is 4.19. The molecule has 0 radical (unpaired) electrons. The van der Waals surface area contributed by atoms with Crippen LogP contribution in [0.4, 0.5) is 10.5 Å². The van der Waals surface area contributed by atoms with Crippen LogP contribution in [0.25, 0.3) is 0 Å². The number of aromatic nitrogens is 1. The van der Waals surface area contributed by atoms with Crippen LogP contribution in [0.15, 0.2) is 22.7 Å². The standard InChI is InChI=1S/C20H27N3O5/c1-12(2)16-11-14(22-28-16)15-7-6-8-23(15)20(24)21-13-9-17(25-3)19(27-5)18(10-13)26-4/h9-12,15H,6-8H2,1-5H3,(H,21,24)/t15-/m1/s1. The van der Waals surface area contributed by atoms with Gasteiger partial charge in [-0.2, -0.15) is 0 Å². The summed E-state index contributed by atoms with van der Waals surface area (Å²) in [6, 6.07) is 5.05. The number of anilines is 1. The first-order valence-electron chi connectivity index (χ1n) is 9.32. The lowest BCUT2D eigenvalue weighted by Crippen LogP contribution is -2.34. The molecule has 1 fully saturated rings. The van der Waals surface area contributed by atoms with E-state index in [1.54, 1.807) is 17.0 Å². The molecule has 0 spiro atoms. The molecule has 1 aromatic carbocycles. The van der Waals surface area contributed by atoms with Gasteiger partial charge in [0.25, 0.3) is 0 Å².